The van der Waals surface area contributed by atoms with Gasteiger partial charge in [0.05, 0.1) is 6.20 Å². The number of hydrogen-bond acceptors (Lipinski definition) is 4. The maximum atomic E-state index is 12.8. The van der Waals surface area contributed by atoms with Gasteiger partial charge in [-0.25, -0.2) is 9.78 Å². The van der Waals surface area contributed by atoms with E-state index in [4.69, 9.17) is 14.5 Å². The van der Waals surface area contributed by atoms with Crippen LogP contribution in [0.15, 0.2) is 47.2 Å². The van der Waals surface area contributed by atoms with E-state index in [0.29, 0.717) is 33.7 Å². The molecule has 0 atom stereocenters. The van der Waals surface area contributed by atoms with Gasteiger partial charge in [0.15, 0.2) is 8.24 Å². The van der Waals surface area contributed by atoms with E-state index in [1.54, 1.807) is 18.3 Å². The van der Waals surface area contributed by atoms with Gasteiger partial charge in [-0.2, -0.15) is 0 Å². The van der Waals surface area contributed by atoms with Gasteiger partial charge in [0.2, 0.25) is 0 Å². The zero-order valence-corrected chi connectivity index (χ0v) is 24.4. The van der Waals surface area contributed by atoms with E-state index in [-0.39, 0.29) is 0 Å². The average molecular weight is 546 g/mol. The number of hydrogen-bond donors (Lipinski definition) is 0. The third-order valence-corrected chi connectivity index (χ3v) is 13.7. The van der Waals surface area contributed by atoms with Gasteiger partial charge in [-0.3, -0.25) is 0 Å². The Kier molecular flexibility index (Phi) is 7.68. The SMILES string of the molecule is CC(C)[Si](C(C)C)(C(C)C)n1ccc2cc(Oc3cc(Br)ccc3C(=O)OC(C)(C)C)cnc21. The predicted octanol–water partition coefficient (Wildman–Crippen LogP) is 8.57. The van der Waals surface area contributed by atoms with Crippen molar-refractivity contribution in [1.29, 1.82) is 0 Å². The Hall–Kier alpha value is -2.12. The fourth-order valence-electron chi connectivity index (χ4n) is 5.42. The number of halogens is 1. The zero-order chi connectivity index (χ0) is 25.4. The molecule has 0 aliphatic rings. The molecule has 0 N–H and O–H groups in total. The molecule has 2 aromatic heterocycles. The van der Waals surface area contributed by atoms with Crippen molar-refractivity contribution < 1.29 is 14.3 Å². The number of carbonyl (C=O) groups excluding carboxylic acids is 1. The van der Waals surface area contributed by atoms with Crippen molar-refractivity contribution in [3.63, 3.8) is 0 Å². The summed E-state index contributed by atoms with van der Waals surface area (Å²) in [4.78, 5) is 17.6. The van der Waals surface area contributed by atoms with E-state index in [0.717, 1.165) is 15.5 Å². The molecule has 7 heteroatoms. The highest BCUT2D eigenvalue weighted by Gasteiger charge is 2.46. The number of ether oxygens (including phenoxy) is 2. The second-order valence-corrected chi connectivity index (χ2v) is 17.5. The molecule has 0 saturated heterocycles. The van der Waals surface area contributed by atoms with E-state index >= 15 is 0 Å². The van der Waals surface area contributed by atoms with E-state index in [2.05, 4.69) is 74.0 Å². The smallest absolute Gasteiger partial charge is 0.342 e. The average Bonchev–Trinajstić information content (AvgIpc) is 3.09. The second-order valence-electron chi connectivity index (χ2n) is 10.9. The first kappa shape index (κ1) is 26.5. The van der Waals surface area contributed by atoms with Crippen LogP contribution in [0.4, 0.5) is 0 Å². The fourth-order valence-corrected chi connectivity index (χ4v) is 12.3. The minimum atomic E-state index is -1.92. The molecule has 3 aromatic rings. The Bertz CT molecular complexity index is 1160. The van der Waals surface area contributed by atoms with Gasteiger partial charge in [0.1, 0.15) is 28.3 Å². The summed E-state index contributed by atoms with van der Waals surface area (Å²) in [5.74, 6) is 0.593. The number of aromatic nitrogens is 2. The van der Waals surface area contributed by atoms with E-state index in [9.17, 15) is 4.79 Å². The van der Waals surface area contributed by atoms with Crippen LogP contribution < -0.4 is 4.74 Å². The lowest BCUT2D eigenvalue weighted by molar-refractivity contribution is 0.00671. The summed E-state index contributed by atoms with van der Waals surface area (Å²) in [6, 6.07) is 9.42. The van der Waals surface area contributed by atoms with Gasteiger partial charge >= 0.3 is 5.97 Å². The third kappa shape index (κ3) is 5.10. The number of rotatable bonds is 7. The van der Waals surface area contributed by atoms with E-state index in [1.165, 1.54) is 0 Å². The summed E-state index contributed by atoms with van der Waals surface area (Å²) in [5.41, 5.74) is 2.49. The van der Waals surface area contributed by atoms with Crippen molar-refractivity contribution in [2.75, 3.05) is 0 Å². The largest absolute Gasteiger partial charge is 0.456 e. The lowest BCUT2D eigenvalue weighted by Crippen LogP contribution is -2.51. The summed E-state index contributed by atoms with van der Waals surface area (Å²) >= 11 is 3.48. The second kappa shape index (κ2) is 9.86. The normalized spacial score (nSPS) is 12.7. The van der Waals surface area contributed by atoms with Crippen molar-refractivity contribution in [2.24, 2.45) is 0 Å². The highest BCUT2D eigenvalue weighted by molar-refractivity contribution is 9.10. The molecule has 3 rings (SSSR count). The van der Waals surface area contributed by atoms with Crippen LogP contribution in [0.1, 0.15) is 72.7 Å². The molecule has 2 heterocycles. The Labute approximate surface area is 213 Å². The summed E-state index contributed by atoms with van der Waals surface area (Å²) in [7, 11) is -1.92. The quantitative estimate of drug-likeness (QED) is 0.220. The first-order valence-electron chi connectivity index (χ1n) is 12.0. The summed E-state index contributed by atoms with van der Waals surface area (Å²) < 4.78 is 15.1. The van der Waals surface area contributed by atoms with Gasteiger partial charge < -0.3 is 13.7 Å². The molecule has 5 nitrogen and oxygen atoms in total. The van der Waals surface area contributed by atoms with Crippen LogP contribution in [-0.4, -0.2) is 29.0 Å². The number of esters is 1. The summed E-state index contributed by atoms with van der Waals surface area (Å²) in [6.07, 6.45) is 3.96. The Morgan fingerprint density at radius 2 is 1.62 bits per heavy atom. The van der Waals surface area contributed by atoms with Gasteiger partial charge in [0.25, 0.3) is 0 Å². The molecule has 1 aromatic carbocycles. The zero-order valence-electron chi connectivity index (χ0n) is 21.8. The van der Waals surface area contributed by atoms with Crippen molar-refractivity contribution in [3.05, 3.63) is 52.8 Å². The molecule has 184 valence electrons. The van der Waals surface area contributed by atoms with Gasteiger partial charge in [-0.15, -0.1) is 0 Å². The molecule has 0 aliphatic carbocycles. The van der Waals surface area contributed by atoms with Crippen LogP contribution in [0, 0.1) is 0 Å². The van der Waals surface area contributed by atoms with Crippen LogP contribution in [0.25, 0.3) is 11.0 Å². The van der Waals surface area contributed by atoms with Crippen molar-refractivity contribution >= 4 is 41.2 Å². The minimum Gasteiger partial charge on any atom is -0.456 e. The lowest BCUT2D eigenvalue weighted by Gasteiger charge is -2.44. The molecular formula is C27H37BrN2O3Si. The molecule has 0 spiro atoms. The molecule has 0 unspecified atom stereocenters. The first-order chi connectivity index (χ1) is 15.8. The molecular weight excluding hydrogens is 508 g/mol. The number of benzene rings is 1. The summed E-state index contributed by atoms with van der Waals surface area (Å²) in [5, 5.41) is 1.03. The van der Waals surface area contributed by atoms with Crippen molar-refractivity contribution in [2.45, 2.75) is 84.5 Å². The maximum Gasteiger partial charge on any atom is 0.342 e. The number of pyridine rings is 1. The molecule has 34 heavy (non-hydrogen) atoms. The van der Waals surface area contributed by atoms with Gasteiger partial charge in [-0.1, -0.05) is 57.5 Å². The van der Waals surface area contributed by atoms with E-state index in [1.807, 2.05) is 32.9 Å². The summed E-state index contributed by atoms with van der Waals surface area (Å²) in [6.45, 7) is 19.6. The Balaban J connectivity index is 2.03. The molecule has 0 aliphatic heterocycles. The van der Waals surface area contributed by atoms with Crippen LogP contribution >= 0.6 is 15.9 Å². The number of carbonyl (C=O) groups is 1. The van der Waals surface area contributed by atoms with Crippen LogP contribution in [0.2, 0.25) is 16.6 Å². The lowest BCUT2D eigenvalue weighted by atomic mass is 10.1. The van der Waals surface area contributed by atoms with Gasteiger partial charge in [0, 0.05) is 9.86 Å². The Morgan fingerprint density at radius 3 is 2.18 bits per heavy atom. The molecule has 0 saturated carbocycles. The molecule has 0 radical (unpaired) electrons. The van der Waals surface area contributed by atoms with E-state index < -0.39 is 19.8 Å². The maximum absolute atomic E-state index is 12.8. The topological polar surface area (TPSA) is 53.4 Å². The fraction of sp³-hybridized carbons (Fsp3) is 0.481. The highest BCUT2D eigenvalue weighted by atomic mass is 79.9. The van der Waals surface area contributed by atoms with Gasteiger partial charge in [-0.05, 0) is 73.9 Å². The standard InChI is InChI=1S/C27H37BrN2O3Si/c1-17(2)34(18(3)4,19(5)6)30-13-12-20-14-22(16-29-25(20)30)32-24-15-21(28)10-11-23(24)26(31)33-27(7,8)9/h10-19H,1-9H3. The number of nitrogens with zero attached hydrogens (tertiary/aromatic N) is 2. The van der Waals surface area contributed by atoms with Crippen molar-refractivity contribution in [3.8, 4) is 11.5 Å². The predicted molar refractivity (Wildman–Crippen MR) is 146 cm³/mol. The van der Waals surface area contributed by atoms with Crippen LogP contribution in [0.3, 0.4) is 0 Å². The van der Waals surface area contributed by atoms with Crippen molar-refractivity contribution in [1.82, 2.24) is 9.22 Å². The highest BCUT2D eigenvalue weighted by Crippen LogP contribution is 2.44. The van der Waals surface area contributed by atoms with Crippen LogP contribution in [0.5, 0.6) is 11.5 Å². The van der Waals surface area contributed by atoms with Crippen LogP contribution in [-0.2, 0) is 4.74 Å². The Morgan fingerprint density at radius 1 is 1.00 bits per heavy atom. The minimum absolute atomic E-state index is 0.377. The molecule has 0 bridgehead atoms. The monoisotopic (exact) mass is 544 g/mol. The third-order valence-electron chi connectivity index (χ3n) is 6.48. The molecule has 0 fully saturated rings. The first-order valence-corrected chi connectivity index (χ1v) is 14.9. The number of fused-ring (bicyclic) bond motifs is 1. The molecule has 0 amide bonds.